The molecule has 451 valence electrons. The molecule has 12 aromatic rings. The largest absolute Gasteiger partial charge is 1.00 e. The third kappa shape index (κ3) is 17.2. The van der Waals surface area contributed by atoms with Gasteiger partial charge in [0.25, 0.3) is 11.7 Å². The average molecular weight is 1210 g/mol. The number of ketones is 1. The predicted molar refractivity (Wildman–Crippen MR) is 354 cm³/mol. The molecule has 12 rings (SSSR count). The number of hydrogen-bond donors (Lipinski definition) is 2. The number of aromatic amines is 1. The summed E-state index contributed by atoms with van der Waals surface area (Å²) in [6, 6.07) is 64.3. The summed E-state index contributed by atoms with van der Waals surface area (Å²) in [6.07, 6.45) is 5.84. The number of hydrogen-bond acceptors (Lipinski definition) is 7. The maximum Gasteiger partial charge on any atom is 1.00 e. The van der Waals surface area contributed by atoms with Gasteiger partial charge in [0, 0.05) is 80.5 Å². The number of carbonyl (C=O) groups is 2. The minimum Gasteiger partial charge on any atom is -1.00 e. The number of benzene rings is 9. The molecule has 0 aliphatic rings. The molecule has 0 atom stereocenters. The molecule has 0 fully saturated rings. The van der Waals surface area contributed by atoms with Crippen LogP contribution in [-0.4, -0.2) is 83.3 Å². The first-order valence-electron chi connectivity index (χ1n) is 29.5. The van der Waals surface area contributed by atoms with Gasteiger partial charge in [-0.2, -0.15) is 0 Å². The zero-order chi connectivity index (χ0) is 61.5. The van der Waals surface area contributed by atoms with Crippen LogP contribution in [0.1, 0.15) is 39.5 Å². The third-order valence-corrected chi connectivity index (χ3v) is 15.5. The smallest absolute Gasteiger partial charge is 1.00 e. The molecule has 0 saturated carbocycles. The van der Waals surface area contributed by atoms with Gasteiger partial charge in [-0.3, -0.25) is 9.59 Å². The summed E-state index contributed by atoms with van der Waals surface area (Å²) >= 11 is 0. The van der Waals surface area contributed by atoms with Gasteiger partial charge < -0.3 is 45.3 Å². The van der Waals surface area contributed by atoms with E-state index in [1.54, 1.807) is 42.6 Å². The van der Waals surface area contributed by atoms with E-state index in [-0.39, 0.29) is 56.8 Å². The monoisotopic (exact) mass is 1210 g/mol. The molecule has 90 heavy (non-hydrogen) atoms. The summed E-state index contributed by atoms with van der Waals surface area (Å²) in [5, 5.41) is 3.13. The van der Waals surface area contributed by atoms with E-state index in [4.69, 9.17) is 19.9 Å². The Kier molecular flexibility index (Phi) is 23.7. The van der Waals surface area contributed by atoms with Crippen molar-refractivity contribution in [1.82, 2.24) is 23.9 Å². The van der Waals surface area contributed by atoms with Gasteiger partial charge in [-0.15, -0.1) is 0 Å². The van der Waals surface area contributed by atoms with Gasteiger partial charge in [0.05, 0.1) is 5.56 Å². The molecule has 3 N–H and O–H groups in total. The van der Waals surface area contributed by atoms with Crippen molar-refractivity contribution in [2.45, 2.75) is 40.8 Å². The molecule has 0 saturated heterocycles. The number of aromatic nitrogens is 3. The number of nitrogens with zero attached hydrogens (tertiary/aromatic N) is 4. The molecule has 3 aromatic heterocycles. The van der Waals surface area contributed by atoms with E-state index in [1.807, 2.05) is 89.6 Å². The molecule has 11 nitrogen and oxygen atoms in total. The normalized spacial score (nSPS) is 10.9. The first-order chi connectivity index (χ1) is 42.8. The van der Waals surface area contributed by atoms with Gasteiger partial charge >= 0.3 is 29.6 Å². The van der Waals surface area contributed by atoms with Crippen LogP contribution < -0.4 is 49.5 Å². The van der Waals surface area contributed by atoms with Crippen molar-refractivity contribution in [3.05, 3.63) is 254 Å². The van der Waals surface area contributed by atoms with E-state index in [0.29, 0.717) is 40.5 Å². The fraction of sp³-hybridized carbons (Fsp3) is 0.162. The Labute approximate surface area is 548 Å². The van der Waals surface area contributed by atoms with Gasteiger partial charge in [-0.05, 0) is 223 Å². The minimum atomic E-state index is -0.972. The Hall–Kier alpha value is -9.09. The minimum absolute atomic E-state index is 0. The Balaban J connectivity index is 0.000000194. The number of carbonyl (C=O) groups excluding carboxylic acids is 2. The Bertz CT molecular complexity index is 4270. The predicted octanol–water partition coefficient (Wildman–Crippen LogP) is 14.3. The van der Waals surface area contributed by atoms with Crippen molar-refractivity contribution in [3.63, 3.8) is 0 Å². The fourth-order valence-electron chi connectivity index (χ4n) is 10.4. The Morgan fingerprint density at radius 2 is 0.822 bits per heavy atom. The van der Waals surface area contributed by atoms with Crippen LogP contribution in [0, 0.1) is 17.5 Å². The van der Waals surface area contributed by atoms with E-state index >= 15 is 0 Å². The maximum absolute atomic E-state index is 13.1. The third-order valence-electron chi connectivity index (χ3n) is 15.5. The second-order valence-corrected chi connectivity index (χ2v) is 21.0. The van der Waals surface area contributed by atoms with Crippen molar-refractivity contribution >= 4 is 52.8 Å². The van der Waals surface area contributed by atoms with Crippen LogP contribution in [0.3, 0.4) is 0 Å². The number of primary amides is 1. The summed E-state index contributed by atoms with van der Waals surface area (Å²) in [6.45, 7) is 16.3. The van der Waals surface area contributed by atoms with E-state index in [9.17, 15) is 22.8 Å². The number of Topliss-reactive ketones (excluding diaryl/α,β-unsaturated/α-hetero) is 1. The summed E-state index contributed by atoms with van der Waals surface area (Å²) in [7, 11) is 0. The summed E-state index contributed by atoms with van der Waals surface area (Å²) < 4.78 is 60.6. The van der Waals surface area contributed by atoms with Crippen LogP contribution in [0.25, 0.3) is 66.1 Å². The average Bonchev–Trinajstić information content (AvgIpc) is 1.87. The van der Waals surface area contributed by atoms with Crippen LogP contribution in [0.2, 0.25) is 0 Å². The van der Waals surface area contributed by atoms with Crippen molar-refractivity contribution in [3.8, 4) is 67.9 Å². The van der Waals surface area contributed by atoms with E-state index in [2.05, 4.69) is 114 Å². The molecule has 9 aromatic carbocycles. The van der Waals surface area contributed by atoms with E-state index in [1.165, 1.54) is 58.3 Å². The number of fused-ring (bicyclic) bond motifs is 3. The number of H-pyrrole nitrogens is 1. The van der Waals surface area contributed by atoms with Gasteiger partial charge in [0.1, 0.15) is 51.9 Å². The van der Waals surface area contributed by atoms with Crippen molar-refractivity contribution < 1.29 is 68.0 Å². The topological polar surface area (TPSA) is 120 Å². The molecular weight excluding hydrogens is 1140 g/mol. The first-order valence-corrected chi connectivity index (χ1v) is 29.5. The van der Waals surface area contributed by atoms with Gasteiger partial charge in [-0.1, -0.05) is 82.3 Å². The number of ether oxygens (including phenoxy) is 3. The summed E-state index contributed by atoms with van der Waals surface area (Å²) in [5.41, 5.74) is 15.3. The van der Waals surface area contributed by atoms with Crippen LogP contribution in [0.4, 0.5) is 13.2 Å². The van der Waals surface area contributed by atoms with Crippen molar-refractivity contribution in [2.75, 3.05) is 39.3 Å². The fourth-order valence-corrected chi connectivity index (χ4v) is 10.4. The number of likely N-dealkylation sites (N-methyl/N-ethyl adjacent to an activating group) is 2. The second kappa shape index (κ2) is 31.9. The standard InChI is InChI=1S/C28H28FN3O3.C26H27FN2O.C20H14FNO.B.Na.H/c1-3-31(4-2)15-16-32-18-25(27(33)28(30)34)24-17-20(7-14-26(24)32)19-5-10-22(11-6-19)35-23-12-8-21(29)9-13-23;1-3-28(4-2)17-18-29-16-15-22-19-21(7-14-26(22)29)20-5-10-24(11-6-20)30-25-12-8-23(27)9-13-25;21-17-4-8-19(9-5-17)23-18-6-1-14(2-7-18)15-3-10-20-16(13-15)11-12-22-20;;;/h5-14,17-18H,3-4,15-16H2,1-2H3,(H2,30,34);5-16,19H,3-4,17-18H2,1-2H3;1-13,22H;;;/q;;;;+1;-1. The zero-order valence-electron chi connectivity index (χ0n) is 52.2. The first kappa shape index (κ1) is 66.9. The molecule has 3 heterocycles. The summed E-state index contributed by atoms with van der Waals surface area (Å²) in [5.74, 6) is 1.33. The molecule has 0 aliphatic carbocycles. The number of amides is 1. The SMILES string of the molecule is CCN(CC)CCn1cc(C(=O)C(N)=O)c2cc(-c3ccc(Oc4ccc(F)cc4)cc3)ccc21.CCN(CC)CCn1ccc2cc(-c3ccc(Oc4ccc(F)cc4)cc3)ccc21.Fc1ccc(Oc2ccc(-c3ccc4[nH]ccc4c3)cc2)cc1.[B].[H-].[Na+]. The van der Waals surface area contributed by atoms with Crippen LogP contribution in [0.15, 0.2) is 231 Å². The molecule has 0 bridgehead atoms. The molecule has 3 radical (unpaired) electrons. The molecule has 0 unspecified atom stereocenters. The molecule has 0 aliphatic heterocycles. The van der Waals surface area contributed by atoms with Crippen LogP contribution in [-0.2, 0) is 17.9 Å². The maximum atomic E-state index is 13.1. The molecule has 0 spiro atoms. The quantitative estimate of drug-likeness (QED) is 0.0418. The number of rotatable bonds is 21. The van der Waals surface area contributed by atoms with Gasteiger partial charge in [0.2, 0.25) is 0 Å². The number of nitrogens with two attached hydrogens (primary N) is 1. The van der Waals surface area contributed by atoms with Gasteiger partial charge in [-0.25, -0.2) is 13.2 Å². The van der Waals surface area contributed by atoms with E-state index in [0.717, 1.165) is 96.2 Å². The van der Waals surface area contributed by atoms with Crippen LogP contribution in [0.5, 0.6) is 34.5 Å². The van der Waals surface area contributed by atoms with Gasteiger partial charge in [0.15, 0.2) is 0 Å². The molecule has 16 heteroatoms. The Morgan fingerprint density at radius 3 is 1.24 bits per heavy atom. The number of halogens is 3. The molecular formula is C74H70BF3N6NaO5. The van der Waals surface area contributed by atoms with Crippen LogP contribution >= 0.6 is 0 Å². The molecule has 1 amide bonds. The van der Waals surface area contributed by atoms with Crippen molar-refractivity contribution in [1.29, 1.82) is 0 Å². The Morgan fingerprint density at radius 1 is 0.456 bits per heavy atom. The zero-order valence-corrected chi connectivity index (χ0v) is 53.2. The van der Waals surface area contributed by atoms with E-state index < -0.39 is 11.7 Å². The summed E-state index contributed by atoms with van der Waals surface area (Å²) in [4.78, 5) is 32.2. The van der Waals surface area contributed by atoms with Crippen molar-refractivity contribution in [2.24, 2.45) is 5.73 Å². The number of nitrogens with one attached hydrogen (secondary N) is 1. The second-order valence-electron chi connectivity index (χ2n) is 21.0.